The van der Waals surface area contributed by atoms with E-state index in [2.05, 4.69) is 15.9 Å². The molecular formula is C23H26BrF4NO4. The molecule has 0 amide bonds. The second-order valence-electron chi connectivity index (χ2n) is 8.02. The SMILES string of the molecule is COCOc1ccc(Br)cc1-c1ccc(C(N(C)[C@@H](CC(C)C)C(=O)O)C(F)(F)F)cc1F. The van der Waals surface area contributed by atoms with Crippen LogP contribution in [0, 0.1) is 11.7 Å². The zero-order valence-corrected chi connectivity index (χ0v) is 20.2. The van der Waals surface area contributed by atoms with Gasteiger partial charge in [-0.2, -0.15) is 13.2 Å². The largest absolute Gasteiger partial charge is 0.480 e. The van der Waals surface area contributed by atoms with E-state index in [1.54, 1.807) is 32.0 Å². The van der Waals surface area contributed by atoms with E-state index in [1.807, 2.05) is 0 Å². The van der Waals surface area contributed by atoms with Gasteiger partial charge in [0.05, 0.1) is 0 Å². The van der Waals surface area contributed by atoms with Gasteiger partial charge < -0.3 is 14.6 Å². The zero-order chi connectivity index (χ0) is 24.9. The molecule has 10 heteroatoms. The molecule has 0 fully saturated rings. The van der Waals surface area contributed by atoms with E-state index in [-0.39, 0.29) is 24.7 Å². The molecule has 2 rings (SSSR count). The number of rotatable bonds is 10. The molecule has 1 unspecified atom stereocenters. The summed E-state index contributed by atoms with van der Waals surface area (Å²) in [5.41, 5.74) is -0.0343. The molecule has 0 aromatic heterocycles. The summed E-state index contributed by atoms with van der Waals surface area (Å²) in [4.78, 5) is 12.4. The number of halogens is 5. The highest BCUT2D eigenvalue weighted by molar-refractivity contribution is 9.10. The van der Waals surface area contributed by atoms with Crippen LogP contribution in [-0.2, 0) is 9.53 Å². The molecule has 2 aromatic rings. The summed E-state index contributed by atoms with van der Waals surface area (Å²) in [5.74, 6) is -2.12. The number of alkyl halides is 3. The van der Waals surface area contributed by atoms with Gasteiger partial charge in [0.15, 0.2) is 6.79 Å². The number of likely N-dealkylation sites (N-methyl/N-ethyl adjacent to an activating group) is 1. The monoisotopic (exact) mass is 535 g/mol. The minimum Gasteiger partial charge on any atom is -0.480 e. The Morgan fingerprint density at radius 1 is 1.15 bits per heavy atom. The molecule has 0 heterocycles. The molecule has 0 spiro atoms. The summed E-state index contributed by atoms with van der Waals surface area (Å²) < 4.78 is 68.2. The number of carboxylic acids is 1. The fourth-order valence-electron chi connectivity index (χ4n) is 3.60. The molecule has 5 nitrogen and oxygen atoms in total. The van der Waals surface area contributed by atoms with Crippen LogP contribution in [0.4, 0.5) is 17.6 Å². The Kier molecular flexibility index (Phi) is 9.28. The lowest BCUT2D eigenvalue weighted by Crippen LogP contribution is -2.46. The van der Waals surface area contributed by atoms with Crippen LogP contribution in [0.25, 0.3) is 11.1 Å². The molecule has 0 radical (unpaired) electrons. The first-order valence-corrected chi connectivity index (χ1v) is 10.9. The Balaban J connectivity index is 2.53. The molecule has 0 bridgehead atoms. The van der Waals surface area contributed by atoms with E-state index in [9.17, 15) is 23.1 Å². The van der Waals surface area contributed by atoms with E-state index in [4.69, 9.17) is 9.47 Å². The first-order valence-electron chi connectivity index (χ1n) is 10.1. The number of methoxy groups -OCH3 is 1. The van der Waals surface area contributed by atoms with Gasteiger partial charge in [-0.1, -0.05) is 41.9 Å². The Morgan fingerprint density at radius 2 is 1.82 bits per heavy atom. The van der Waals surface area contributed by atoms with E-state index in [1.165, 1.54) is 13.2 Å². The highest BCUT2D eigenvalue weighted by Crippen LogP contribution is 2.41. The van der Waals surface area contributed by atoms with Crippen molar-refractivity contribution in [3.05, 3.63) is 52.3 Å². The van der Waals surface area contributed by atoms with Gasteiger partial charge in [0.25, 0.3) is 0 Å². The van der Waals surface area contributed by atoms with Crippen molar-refractivity contribution in [2.24, 2.45) is 5.92 Å². The highest BCUT2D eigenvalue weighted by atomic mass is 79.9. The van der Waals surface area contributed by atoms with Gasteiger partial charge in [-0.15, -0.1) is 0 Å². The van der Waals surface area contributed by atoms with Gasteiger partial charge in [-0.25, -0.2) is 4.39 Å². The van der Waals surface area contributed by atoms with E-state index >= 15 is 4.39 Å². The van der Waals surface area contributed by atoms with Crippen LogP contribution in [0.2, 0.25) is 0 Å². The van der Waals surface area contributed by atoms with Crippen LogP contribution in [-0.4, -0.2) is 49.1 Å². The van der Waals surface area contributed by atoms with Crippen molar-refractivity contribution in [1.82, 2.24) is 4.90 Å². The quantitative estimate of drug-likeness (QED) is 0.287. The maximum Gasteiger partial charge on any atom is 0.408 e. The number of benzene rings is 2. The predicted octanol–water partition coefficient (Wildman–Crippen LogP) is 6.27. The third-order valence-corrected chi connectivity index (χ3v) is 5.55. The third-order valence-electron chi connectivity index (χ3n) is 5.06. The van der Waals surface area contributed by atoms with Gasteiger partial charge in [0.1, 0.15) is 23.7 Å². The van der Waals surface area contributed by atoms with Crippen molar-refractivity contribution in [1.29, 1.82) is 0 Å². The van der Waals surface area contributed by atoms with Gasteiger partial charge in [-0.3, -0.25) is 9.69 Å². The van der Waals surface area contributed by atoms with E-state index < -0.39 is 35.6 Å². The predicted molar refractivity (Wildman–Crippen MR) is 119 cm³/mol. The number of hydrogen-bond donors (Lipinski definition) is 1. The molecule has 2 atom stereocenters. The molecule has 0 aliphatic carbocycles. The Labute approximate surface area is 198 Å². The first-order chi connectivity index (χ1) is 15.4. The minimum absolute atomic E-state index is 0.0111. The van der Waals surface area contributed by atoms with Gasteiger partial charge in [0.2, 0.25) is 0 Å². The maximum absolute atomic E-state index is 15.1. The summed E-state index contributed by atoms with van der Waals surface area (Å²) in [5, 5.41) is 9.52. The van der Waals surface area contributed by atoms with Gasteiger partial charge in [0, 0.05) is 22.7 Å². The lowest BCUT2D eigenvalue weighted by Gasteiger charge is -2.35. The van der Waals surface area contributed by atoms with Gasteiger partial charge in [-0.05, 0) is 49.2 Å². The smallest absolute Gasteiger partial charge is 0.408 e. The molecule has 1 N–H and O–H groups in total. The summed E-state index contributed by atoms with van der Waals surface area (Å²) in [7, 11) is 2.52. The van der Waals surface area contributed by atoms with Crippen molar-refractivity contribution < 1.29 is 36.9 Å². The molecule has 0 aliphatic heterocycles. The van der Waals surface area contributed by atoms with Crippen molar-refractivity contribution >= 4 is 21.9 Å². The number of aliphatic carboxylic acids is 1. The molecule has 0 aliphatic rings. The average molecular weight is 536 g/mol. The highest BCUT2D eigenvalue weighted by Gasteiger charge is 2.47. The first kappa shape index (κ1) is 27.1. The number of carbonyl (C=O) groups is 1. The van der Waals surface area contributed by atoms with Crippen LogP contribution >= 0.6 is 15.9 Å². The molecule has 33 heavy (non-hydrogen) atoms. The molecule has 0 saturated carbocycles. The van der Waals surface area contributed by atoms with Crippen LogP contribution in [0.3, 0.4) is 0 Å². The lowest BCUT2D eigenvalue weighted by atomic mass is 9.96. The Hall–Kier alpha value is -2.17. The van der Waals surface area contributed by atoms with Crippen LogP contribution in [0.5, 0.6) is 5.75 Å². The van der Waals surface area contributed by atoms with Crippen molar-refractivity contribution in [3.63, 3.8) is 0 Å². The van der Waals surface area contributed by atoms with Crippen molar-refractivity contribution in [3.8, 4) is 16.9 Å². The fraction of sp³-hybridized carbons (Fsp3) is 0.435. The topological polar surface area (TPSA) is 59.0 Å². The van der Waals surface area contributed by atoms with Crippen molar-refractivity contribution in [2.75, 3.05) is 21.0 Å². The fourth-order valence-corrected chi connectivity index (χ4v) is 3.96. The van der Waals surface area contributed by atoms with E-state index in [0.29, 0.717) is 15.8 Å². The summed E-state index contributed by atoms with van der Waals surface area (Å²) in [6.45, 7) is 3.35. The summed E-state index contributed by atoms with van der Waals surface area (Å²) in [6.07, 6.45) is -4.81. The molecule has 2 aromatic carbocycles. The molecule has 182 valence electrons. The van der Waals surface area contributed by atoms with Crippen LogP contribution in [0.15, 0.2) is 40.9 Å². The van der Waals surface area contributed by atoms with Crippen LogP contribution in [0.1, 0.15) is 31.9 Å². The zero-order valence-electron chi connectivity index (χ0n) is 18.6. The summed E-state index contributed by atoms with van der Waals surface area (Å²) >= 11 is 3.30. The van der Waals surface area contributed by atoms with Crippen molar-refractivity contribution in [2.45, 2.75) is 38.5 Å². The number of hydrogen-bond acceptors (Lipinski definition) is 4. The summed E-state index contributed by atoms with van der Waals surface area (Å²) in [6, 6.07) is 4.33. The lowest BCUT2D eigenvalue weighted by molar-refractivity contribution is -0.192. The number of ether oxygens (including phenoxy) is 2. The number of carboxylic acid groups (broad SMARTS) is 1. The second-order valence-corrected chi connectivity index (χ2v) is 8.94. The van der Waals surface area contributed by atoms with E-state index in [0.717, 1.165) is 24.1 Å². The second kappa shape index (κ2) is 11.3. The van der Waals surface area contributed by atoms with Crippen LogP contribution < -0.4 is 4.74 Å². The average Bonchev–Trinajstić information content (AvgIpc) is 2.70. The molecule has 0 saturated heterocycles. The molecular weight excluding hydrogens is 510 g/mol. The third kappa shape index (κ3) is 6.91. The number of nitrogens with zero attached hydrogens (tertiary/aromatic N) is 1. The normalized spacial score (nSPS) is 13.9. The minimum atomic E-state index is -4.82. The Morgan fingerprint density at radius 3 is 2.33 bits per heavy atom. The standard InChI is InChI=1S/C23H26BrF4NO4/c1-13(2)9-19(22(30)31)29(3)21(23(26,27)28)14-5-7-16(18(25)10-14)17-11-15(24)6-8-20(17)33-12-32-4/h5-8,10-11,13,19,21H,9,12H2,1-4H3,(H,30,31)/t19-,21?/m0/s1. The Bertz CT molecular complexity index is 968. The van der Waals surface area contributed by atoms with Gasteiger partial charge >= 0.3 is 12.1 Å². The maximum atomic E-state index is 15.1.